The first-order chi connectivity index (χ1) is 8.15. The van der Waals surface area contributed by atoms with Gasteiger partial charge in [-0.2, -0.15) is 0 Å². The number of aromatic hydroxyl groups is 1. The molecule has 0 aliphatic carbocycles. The number of aliphatic hydroxyl groups is 1. The third-order valence-electron chi connectivity index (χ3n) is 2.05. The van der Waals surface area contributed by atoms with Gasteiger partial charge in [0.1, 0.15) is 11.4 Å². The van der Waals surface area contributed by atoms with E-state index in [0.717, 1.165) is 0 Å². The lowest BCUT2D eigenvalue weighted by Crippen LogP contribution is -2.02. The molecule has 6 nitrogen and oxygen atoms in total. The minimum Gasteiger partial charge on any atom is -0.508 e. The molecule has 0 unspecified atom stereocenters. The molecule has 0 heterocycles. The van der Waals surface area contributed by atoms with E-state index in [1.165, 1.54) is 18.2 Å². The highest BCUT2D eigenvalue weighted by atomic mass is 16.6. The minimum absolute atomic E-state index is 0.0302. The molecule has 0 bridgehead atoms. The summed E-state index contributed by atoms with van der Waals surface area (Å²) in [5, 5.41) is 31.3. The van der Waals surface area contributed by atoms with Crippen LogP contribution in [0.2, 0.25) is 0 Å². The van der Waals surface area contributed by atoms with E-state index in [1.54, 1.807) is 12.2 Å². The standard InChI is InChI=1S/C11H14N2O4/c14-7-3-1-2-6-12-10-8-9(15)4-5-11(10)13(16)17/h1-2,4-5,8,12,14-15H,3,6-7H2/b2-1+. The Labute approximate surface area is 98.4 Å². The Balaban J connectivity index is 2.68. The van der Waals surface area contributed by atoms with E-state index in [1.807, 2.05) is 0 Å². The minimum atomic E-state index is -0.515. The number of rotatable bonds is 6. The quantitative estimate of drug-likeness (QED) is 0.398. The molecule has 17 heavy (non-hydrogen) atoms. The molecule has 0 aromatic heterocycles. The predicted octanol–water partition coefficient (Wildman–Crippen LogP) is 1.65. The second-order valence-electron chi connectivity index (χ2n) is 3.32. The van der Waals surface area contributed by atoms with E-state index in [4.69, 9.17) is 5.11 Å². The summed E-state index contributed by atoms with van der Waals surface area (Å²) in [5.74, 6) is -0.0302. The summed E-state index contributed by atoms with van der Waals surface area (Å²) in [7, 11) is 0. The monoisotopic (exact) mass is 238 g/mol. The summed E-state index contributed by atoms with van der Waals surface area (Å²) < 4.78 is 0. The zero-order valence-corrected chi connectivity index (χ0v) is 9.17. The Bertz CT molecular complexity index is 418. The van der Waals surface area contributed by atoms with Crippen molar-refractivity contribution >= 4 is 11.4 Å². The first kappa shape index (κ1) is 13.0. The number of nitro benzene ring substituents is 1. The molecule has 6 heteroatoms. The third kappa shape index (κ3) is 4.12. The maximum atomic E-state index is 10.7. The van der Waals surface area contributed by atoms with Crippen molar-refractivity contribution in [2.45, 2.75) is 6.42 Å². The highest BCUT2D eigenvalue weighted by Crippen LogP contribution is 2.27. The zero-order valence-electron chi connectivity index (χ0n) is 9.17. The number of nitrogens with one attached hydrogen (secondary N) is 1. The first-order valence-corrected chi connectivity index (χ1v) is 5.12. The van der Waals surface area contributed by atoms with E-state index in [-0.39, 0.29) is 23.7 Å². The summed E-state index contributed by atoms with van der Waals surface area (Å²) in [6.07, 6.45) is 4.06. The number of phenols is 1. The van der Waals surface area contributed by atoms with Crippen LogP contribution in [0.3, 0.4) is 0 Å². The molecule has 0 saturated heterocycles. The van der Waals surface area contributed by atoms with Crippen LogP contribution in [0.1, 0.15) is 6.42 Å². The van der Waals surface area contributed by atoms with Crippen LogP contribution < -0.4 is 5.32 Å². The molecule has 92 valence electrons. The van der Waals surface area contributed by atoms with Crippen molar-refractivity contribution in [1.29, 1.82) is 0 Å². The van der Waals surface area contributed by atoms with Crippen LogP contribution in [0.5, 0.6) is 5.75 Å². The van der Waals surface area contributed by atoms with Gasteiger partial charge in [-0.25, -0.2) is 0 Å². The highest BCUT2D eigenvalue weighted by molar-refractivity contribution is 5.64. The van der Waals surface area contributed by atoms with E-state index in [2.05, 4.69) is 5.32 Å². The number of anilines is 1. The van der Waals surface area contributed by atoms with Crippen molar-refractivity contribution in [2.24, 2.45) is 0 Å². The molecule has 0 aliphatic heterocycles. The molecule has 1 rings (SSSR count). The SMILES string of the molecule is O=[N+]([O-])c1ccc(O)cc1NC/C=C/CCO. The van der Waals surface area contributed by atoms with Gasteiger partial charge < -0.3 is 15.5 Å². The normalized spacial score (nSPS) is 10.6. The molecular weight excluding hydrogens is 224 g/mol. The maximum absolute atomic E-state index is 10.7. The third-order valence-corrected chi connectivity index (χ3v) is 2.05. The second kappa shape index (κ2) is 6.49. The maximum Gasteiger partial charge on any atom is 0.292 e. The molecule has 1 aromatic carbocycles. The van der Waals surface area contributed by atoms with Gasteiger partial charge in [0, 0.05) is 25.3 Å². The summed E-state index contributed by atoms with van der Waals surface area (Å²) in [4.78, 5) is 10.2. The molecular formula is C11H14N2O4. The lowest BCUT2D eigenvalue weighted by Gasteiger charge is -2.04. The van der Waals surface area contributed by atoms with Crippen molar-refractivity contribution in [2.75, 3.05) is 18.5 Å². The van der Waals surface area contributed by atoms with Gasteiger partial charge in [-0.3, -0.25) is 10.1 Å². The summed E-state index contributed by atoms with van der Waals surface area (Å²) in [6, 6.07) is 3.82. The van der Waals surface area contributed by atoms with Crippen molar-refractivity contribution < 1.29 is 15.1 Å². The topological polar surface area (TPSA) is 95.6 Å². The Morgan fingerprint density at radius 2 is 2.18 bits per heavy atom. The molecule has 0 amide bonds. The highest BCUT2D eigenvalue weighted by Gasteiger charge is 2.12. The van der Waals surface area contributed by atoms with Crippen LogP contribution in [-0.4, -0.2) is 28.3 Å². The Kier molecular flexibility index (Phi) is 4.96. The van der Waals surface area contributed by atoms with Gasteiger partial charge in [0.25, 0.3) is 5.69 Å². The number of hydrogen-bond acceptors (Lipinski definition) is 5. The number of phenolic OH excluding ortho intramolecular Hbond substituents is 1. The van der Waals surface area contributed by atoms with Gasteiger partial charge in [-0.05, 0) is 12.5 Å². The number of nitrogens with zero attached hydrogens (tertiary/aromatic N) is 1. The van der Waals surface area contributed by atoms with Crippen LogP contribution in [-0.2, 0) is 0 Å². The molecule has 0 radical (unpaired) electrons. The second-order valence-corrected chi connectivity index (χ2v) is 3.32. The van der Waals surface area contributed by atoms with E-state index in [9.17, 15) is 15.2 Å². The summed E-state index contributed by atoms with van der Waals surface area (Å²) >= 11 is 0. The smallest absolute Gasteiger partial charge is 0.292 e. The largest absolute Gasteiger partial charge is 0.508 e. The van der Waals surface area contributed by atoms with Gasteiger partial charge in [-0.1, -0.05) is 12.2 Å². The molecule has 0 aliphatic rings. The molecule has 0 saturated carbocycles. The van der Waals surface area contributed by atoms with Gasteiger partial charge in [0.05, 0.1) is 4.92 Å². The molecule has 0 spiro atoms. The Morgan fingerprint density at radius 3 is 2.82 bits per heavy atom. The fraction of sp³-hybridized carbons (Fsp3) is 0.273. The fourth-order valence-corrected chi connectivity index (χ4v) is 1.27. The fourth-order valence-electron chi connectivity index (χ4n) is 1.27. The lowest BCUT2D eigenvalue weighted by molar-refractivity contribution is -0.384. The summed E-state index contributed by atoms with van der Waals surface area (Å²) in [5.41, 5.74) is 0.182. The van der Waals surface area contributed by atoms with Crippen molar-refractivity contribution in [3.8, 4) is 5.75 Å². The van der Waals surface area contributed by atoms with Crippen molar-refractivity contribution in [3.05, 3.63) is 40.5 Å². The summed E-state index contributed by atoms with van der Waals surface area (Å²) in [6.45, 7) is 0.465. The average molecular weight is 238 g/mol. The molecule has 1 aromatic rings. The number of hydrogen-bond donors (Lipinski definition) is 3. The molecule has 3 N–H and O–H groups in total. The number of benzene rings is 1. The Hall–Kier alpha value is -2.08. The van der Waals surface area contributed by atoms with Crippen LogP contribution in [0.4, 0.5) is 11.4 Å². The van der Waals surface area contributed by atoms with Gasteiger partial charge in [0.2, 0.25) is 0 Å². The van der Waals surface area contributed by atoms with Crippen molar-refractivity contribution in [3.63, 3.8) is 0 Å². The van der Waals surface area contributed by atoms with Crippen LogP contribution >= 0.6 is 0 Å². The van der Waals surface area contributed by atoms with Gasteiger partial charge in [-0.15, -0.1) is 0 Å². The van der Waals surface area contributed by atoms with Gasteiger partial charge in [0.15, 0.2) is 0 Å². The van der Waals surface area contributed by atoms with E-state index < -0.39 is 4.92 Å². The van der Waals surface area contributed by atoms with E-state index in [0.29, 0.717) is 13.0 Å². The zero-order chi connectivity index (χ0) is 12.7. The van der Waals surface area contributed by atoms with E-state index >= 15 is 0 Å². The average Bonchev–Trinajstić information content (AvgIpc) is 2.28. The van der Waals surface area contributed by atoms with Gasteiger partial charge >= 0.3 is 0 Å². The first-order valence-electron chi connectivity index (χ1n) is 5.12. The van der Waals surface area contributed by atoms with Crippen molar-refractivity contribution in [1.82, 2.24) is 0 Å². The molecule has 0 fully saturated rings. The number of nitro groups is 1. The lowest BCUT2D eigenvalue weighted by atomic mass is 10.2. The predicted molar refractivity (Wildman–Crippen MR) is 64.1 cm³/mol. The van der Waals surface area contributed by atoms with Crippen LogP contribution in [0.25, 0.3) is 0 Å². The van der Waals surface area contributed by atoms with Crippen LogP contribution in [0, 0.1) is 10.1 Å². The molecule has 0 atom stereocenters. The number of aliphatic hydroxyl groups excluding tert-OH is 1. The van der Waals surface area contributed by atoms with Crippen LogP contribution in [0.15, 0.2) is 30.4 Å². The Morgan fingerprint density at radius 1 is 1.41 bits per heavy atom.